The molecule has 0 bridgehead atoms. The number of pyridine rings is 1. The molecule has 0 radical (unpaired) electrons. The largest absolute Gasteiger partial charge is 0.488 e. The summed E-state index contributed by atoms with van der Waals surface area (Å²) in [6.07, 6.45) is 3.31. The van der Waals surface area contributed by atoms with Crippen LogP contribution in [0, 0.1) is 0 Å². The fraction of sp³-hybridized carbons (Fsp3) is 0.0769. The Balaban J connectivity index is 2.19. The number of anilines is 1. The predicted octanol–water partition coefficient (Wildman–Crippen LogP) is 2.70. The van der Waals surface area contributed by atoms with Gasteiger partial charge in [-0.05, 0) is 34.1 Å². The second-order valence-electron chi connectivity index (χ2n) is 3.86. The topological polar surface area (TPSA) is 85.4 Å². The molecule has 5 nitrogen and oxygen atoms in total. The SMILES string of the molecule is Nc1ccc(C(=O)O)c(OCc2cncc(Br)c2)c1. The van der Waals surface area contributed by atoms with Crippen LogP contribution in [0.3, 0.4) is 0 Å². The molecule has 0 saturated carbocycles. The van der Waals surface area contributed by atoms with Gasteiger partial charge in [-0.25, -0.2) is 4.79 Å². The first-order valence-corrected chi connectivity index (χ1v) is 6.20. The average molecular weight is 323 g/mol. The molecule has 0 amide bonds. The van der Waals surface area contributed by atoms with Crippen molar-refractivity contribution in [2.75, 3.05) is 5.73 Å². The lowest BCUT2D eigenvalue weighted by atomic mass is 10.2. The average Bonchev–Trinajstić information content (AvgIpc) is 2.36. The number of aromatic nitrogens is 1. The maximum atomic E-state index is 11.1. The van der Waals surface area contributed by atoms with Crippen molar-refractivity contribution in [1.82, 2.24) is 4.98 Å². The van der Waals surface area contributed by atoms with Gasteiger partial charge in [-0.3, -0.25) is 4.98 Å². The molecular weight excluding hydrogens is 312 g/mol. The minimum atomic E-state index is -1.05. The van der Waals surface area contributed by atoms with Crippen molar-refractivity contribution in [1.29, 1.82) is 0 Å². The maximum Gasteiger partial charge on any atom is 0.339 e. The molecule has 0 atom stereocenters. The van der Waals surface area contributed by atoms with Gasteiger partial charge >= 0.3 is 5.97 Å². The summed E-state index contributed by atoms with van der Waals surface area (Å²) in [5.74, 6) is -0.810. The second kappa shape index (κ2) is 5.71. The summed E-state index contributed by atoms with van der Waals surface area (Å²) in [6, 6.07) is 6.29. The van der Waals surface area contributed by atoms with E-state index in [4.69, 9.17) is 15.6 Å². The lowest BCUT2D eigenvalue weighted by Gasteiger charge is -2.10. The van der Waals surface area contributed by atoms with E-state index in [2.05, 4.69) is 20.9 Å². The summed E-state index contributed by atoms with van der Waals surface area (Å²) < 4.78 is 6.33. The summed E-state index contributed by atoms with van der Waals surface area (Å²) in [5, 5.41) is 9.06. The van der Waals surface area contributed by atoms with Gasteiger partial charge in [0.2, 0.25) is 0 Å². The number of carbonyl (C=O) groups is 1. The molecule has 6 heteroatoms. The van der Waals surface area contributed by atoms with Crippen LogP contribution in [0.2, 0.25) is 0 Å². The van der Waals surface area contributed by atoms with E-state index in [1.54, 1.807) is 12.4 Å². The van der Waals surface area contributed by atoms with E-state index >= 15 is 0 Å². The third-order valence-electron chi connectivity index (χ3n) is 2.39. The normalized spacial score (nSPS) is 10.2. The number of aromatic carboxylic acids is 1. The highest BCUT2D eigenvalue weighted by molar-refractivity contribution is 9.10. The van der Waals surface area contributed by atoms with Crippen molar-refractivity contribution >= 4 is 27.6 Å². The molecule has 19 heavy (non-hydrogen) atoms. The fourth-order valence-electron chi connectivity index (χ4n) is 1.53. The minimum absolute atomic E-state index is 0.0807. The first kappa shape index (κ1) is 13.4. The third-order valence-corrected chi connectivity index (χ3v) is 2.83. The fourth-order valence-corrected chi connectivity index (χ4v) is 1.94. The number of ether oxygens (including phenoxy) is 1. The smallest absolute Gasteiger partial charge is 0.339 e. The standard InChI is InChI=1S/C13H11BrN2O3/c14-9-3-8(5-16-6-9)7-19-12-4-10(15)1-2-11(12)13(17)18/h1-6H,7,15H2,(H,17,18). The molecule has 0 unspecified atom stereocenters. The van der Waals surface area contributed by atoms with Crippen molar-refractivity contribution in [3.63, 3.8) is 0 Å². The summed E-state index contributed by atoms with van der Waals surface area (Å²) in [6.45, 7) is 0.218. The quantitative estimate of drug-likeness (QED) is 0.845. The highest BCUT2D eigenvalue weighted by Crippen LogP contribution is 2.23. The molecule has 1 heterocycles. The highest BCUT2D eigenvalue weighted by Gasteiger charge is 2.11. The Labute approximate surface area is 118 Å². The Kier molecular flexibility index (Phi) is 4.01. The van der Waals surface area contributed by atoms with E-state index in [-0.39, 0.29) is 17.9 Å². The van der Waals surface area contributed by atoms with Crippen molar-refractivity contribution < 1.29 is 14.6 Å². The summed E-state index contributed by atoms with van der Waals surface area (Å²) in [5.41, 5.74) is 6.99. The van der Waals surface area contributed by atoms with E-state index in [1.165, 1.54) is 18.2 Å². The van der Waals surface area contributed by atoms with E-state index < -0.39 is 5.97 Å². The van der Waals surface area contributed by atoms with E-state index in [0.717, 1.165) is 10.0 Å². The maximum absolute atomic E-state index is 11.1. The molecule has 3 N–H and O–H groups in total. The van der Waals surface area contributed by atoms with Gasteiger partial charge in [0.05, 0.1) is 0 Å². The molecule has 0 aliphatic rings. The van der Waals surface area contributed by atoms with Crippen molar-refractivity contribution in [3.05, 3.63) is 52.3 Å². The van der Waals surface area contributed by atoms with Gasteiger partial charge in [0.15, 0.2) is 0 Å². The lowest BCUT2D eigenvalue weighted by molar-refractivity contribution is 0.0692. The molecule has 1 aromatic carbocycles. The Bertz CT molecular complexity index is 617. The summed E-state index contributed by atoms with van der Waals surface area (Å²) >= 11 is 3.31. The summed E-state index contributed by atoms with van der Waals surface area (Å²) in [4.78, 5) is 15.1. The molecule has 0 saturated heterocycles. The first-order valence-electron chi connectivity index (χ1n) is 5.41. The Morgan fingerprint density at radius 3 is 2.84 bits per heavy atom. The molecular formula is C13H11BrN2O3. The zero-order valence-corrected chi connectivity index (χ0v) is 11.4. The number of hydrogen-bond donors (Lipinski definition) is 2. The van der Waals surface area contributed by atoms with Crippen LogP contribution in [0.25, 0.3) is 0 Å². The number of halogens is 1. The number of benzene rings is 1. The number of nitrogens with two attached hydrogens (primary N) is 1. The van der Waals surface area contributed by atoms with Gasteiger partial charge < -0.3 is 15.6 Å². The zero-order chi connectivity index (χ0) is 13.8. The van der Waals surface area contributed by atoms with Gasteiger partial charge in [0, 0.05) is 34.2 Å². The molecule has 0 aliphatic heterocycles. The van der Waals surface area contributed by atoms with Crippen molar-refractivity contribution in [3.8, 4) is 5.75 Å². The number of nitrogen functional groups attached to an aromatic ring is 1. The molecule has 98 valence electrons. The van der Waals surface area contributed by atoms with Gasteiger partial charge in [-0.2, -0.15) is 0 Å². The number of hydrogen-bond acceptors (Lipinski definition) is 4. The van der Waals surface area contributed by atoms with Crippen LogP contribution in [-0.4, -0.2) is 16.1 Å². The number of rotatable bonds is 4. The van der Waals surface area contributed by atoms with Gasteiger partial charge in [0.25, 0.3) is 0 Å². The molecule has 2 rings (SSSR count). The first-order chi connectivity index (χ1) is 9.06. The van der Waals surface area contributed by atoms with Crippen LogP contribution in [0.15, 0.2) is 41.1 Å². The van der Waals surface area contributed by atoms with Crippen LogP contribution in [0.4, 0.5) is 5.69 Å². The zero-order valence-electron chi connectivity index (χ0n) is 9.84. The van der Waals surface area contributed by atoms with Gasteiger partial charge in [0.1, 0.15) is 17.9 Å². The summed E-state index contributed by atoms with van der Waals surface area (Å²) in [7, 11) is 0. The van der Waals surface area contributed by atoms with Gasteiger partial charge in [-0.1, -0.05) is 0 Å². The molecule has 0 spiro atoms. The van der Waals surface area contributed by atoms with E-state index in [0.29, 0.717) is 5.69 Å². The van der Waals surface area contributed by atoms with Crippen molar-refractivity contribution in [2.45, 2.75) is 6.61 Å². The number of carboxylic acids is 1. The predicted molar refractivity (Wildman–Crippen MR) is 74.1 cm³/mol. The van der Waals surface area contributed by atoms with Crippen LogP contribution in [0.5, 0.6) is 5.75 Å². The lowest BCUT2D eigenvalue weighted by Crippen LogP contribution is -2.04. The number of carboxylic acid groups (broad SMARTS) is 1. The number of nitrogens with zero attached hydrogens (tertiary/aromatic N) is 1. The molecule has 1 aromatic heterocycles. The van der Waals surface area contributed by atoms with Crippen LogP contribution < -0.4 is 10.5 Å². The van der Waals surface area contributed by atoms with Crippen molar-refractivity contribution in [2.24, 2.45) is 0 Å². The van der Waals surface area contributed by atoms with E-state index in [1.807, 2.05) is 6.07 Å². The Morgan fingerprint density at radius 2 is 2.16 bits per heavy atom. The van der Waals surface area contributed by atoms with Gasteiger partial charge in [-0.15, -0.1) is 0 Å². The Morgan fingerprint density at radius 1 is 1.37 bits per heavy atom. The molecule has 2 aromatic rings. The van der Waals surface area contributed by atoms with Crippen LogP contribution in [0.1, 0.15) is 15.9 Å². The third kappa shape index (κ3) is 3.45. The van der Waals surface area contributed by atoms with E-state index in [9.17, 15) is 4.79 Å². The van der Waals surface area contributed by atoms with Crippen LogP contribution >= 0.6 is 15.9 Å². The highest BCUT2D eigenvalue weighted by atomic mass is 79.9. The molecule has 0 fully saturated rings. The van der Waals surface area contributed by atoms with Crippen LogP contribution in [-0.2, 0) is 6.61 Å². The second-order valence-corrected chi connectivity index (χ2v) is 4.78. The molecule has 0 aliphatic carbocycles. The Hall–Kier alpha value is -2.08. The minimum Gasteiger partial charge on any atom is -0.488 e. The monoisotopic (exact) mass is 322 g/mol.